The van der Waals surface area contributed by atoms with E-state index in [2.05, 4.69) is 0 Å². The summed E-state index contributed by atoms with van der Waals surface area (Å²) in [5, 5.41) is 16.7. The van der Waals surface area contributed by atoms with Crippen molar-refractivity contribution in [2.75, 3.05) is 0 Å². The molecular formula is CFGdO3. The molecule has 0 atom stereocenters. The summed E-state index contributed by atoms with van der Waals surface area (Å²) in [5.41, 5.74) is 0. The van der Waals surface area contributed by atoms with E-state index in [1.165, 1.54) is 0 Å². The van der Waals surface area contributed by atoms with Crippen LogP contribution >= 0.6 is 0 Å². The molecule has 0 amide bonds. The van der Waals surface area contributed by atoms with Crippen molar-refractivity contribution in [1.29, 1.82) is 0 Å². The quantitative estimate of drug-likeness (QED) is 0.422. The number of rotatable bonds is 0. The monoisotopic (exact) mass is 237 g/mol. The van der Waals surface area contributed by atoms with E-state index in [4.69, 9.17) is 15.0 Å². The maximum atomic E-state index is 8.33. The summed E-state index contributed by atoms with van der Waals surface area (Å²) in [5.74, 6) is 0. The van der Waals surface area contributed by atoms with Crippen molar-refractivity contribution in [1.82, 2.24) is 0 Å². The zero-order chi connectivity index (χ0) is 3.58. The summed E-state index contributed by atoms with van der Waals surface area (Å²) in [6.07, 6.45) is -2.33. The van der Waals surface area contributed by atoms with Crippen molar-refractivity contribution in [3.8, 4) is 0 Å². The van der Waals surface area contributed by atoms with Crippen LogP contribution < -0.4 is 14.9 Å². The molecule has 0 bridgehead atoms. The van der Waals surface area contributed by atoms with E-state index in [9.17, 15) is 0 Å². The molecule has 0 heterocycles. The van der Waals surface area contributed by atoms with Crippen LogP contribution in [0.5, 0.6) is 0 Å². The standard InChI is InChI=1S/CH2O3.FH.Gd/c2-1(3)4;;/h(H2,2,3,4);1H;/q;;+3/p-3. The van der Waals surface area contributed by atoms with Gasteiger partial charge in [-0.25, -0.2) is 0 Å². The molecule has 0 aliphatic heterocycles. The Kier molecular flexibility index (Phi) is 24.3. The van der Waals surface area contributed by atoms with Crippen LogP contribution in [0.4, 0.5) is 4.79 Å². The van der Waals surface area contributed by atoms with E-state index >= 15 is 0 Å². The Morgan fingerprint density at radius 3 is 1.33 bits per heavy atom. The Labute approximate surface area is 65.4 Å². The van der Waals surface area contributed by atoms with Gasteiger partial charge in [-0.15, -0.1) is 0 Å². The molecule has 6 heavy (non-hydrogen) atoms. The molecule has 0 aromatic heterocycles. The summed E-state index contributed by atoms with van der Waals surface area (Å²) in [6.45, 7) is 0. The van der Waals surface area contributed by atoms with Crippen LogP contribution in [0.2, 0.25) is 0 Å². The minimum Gasteiger partial charge on any atom is -1.00 e. The fraction of sp³-hybridized carbons (Fsp3) is 0. The third-order valence-electron chi connectivity index (χ3n) is 0. The summed E-state index contributed by atoms with van der Waals surface area (Å²) in [4.78, 5) is 8.33. The first-order chi connectivity index (χ1) is 1.73. The van der Waals surface area contributed by atoms with Gasteiger partial charge in [0, 0.05) is 0 Å². The largest absolute Gasteiger partial charge is 3.00 e. The topological polar surface area (TPSA) is 63.2 Å². The molecule has 0 saturated heterocycles. The Hall–Kier alpha value is 0.525. The fourth-order valence-corrected chi connectivity index (χ4v) is 0. The SMILES string of the molecule is O=C([O-])[O-].[F-].[Gd+3]. The van der Waals surface area contributed by atoms with Crippen molar-refractivity contribution in [3.63, 3.8) is 0 Å². The number of halogens is 1. The zero-order valence-electron chi connectivity index (χ0n) is 2.46. The molecule has 37 valence electrons. The normalized spacial score (nSPS) is 4.00. The number of carbonyl (C=O) groups is 1. The van der Waals surface area contributed by atoms with E-state index in [0.717, 1.165) is 0 Å². The smallest absolute Gasteiger partial charge is 1.00 e. The second kappa shape index (κ2) is 9.10. The van der Waals surface area contributed by atoms with E-state index in [1.54, 1.807) is 0 Å². The molecule has 0 fully saturated rings. The molecule has 0 saturated carbocycles. The Morgan fingerprint density at radius 2 is 1.33 bits per heavy atom. The molecule has 0 unspecified atom stereocenters. The molecule has 0 spiro atoms. The van der Waals surface area contributed by atoms with Gasteiger partial charge in [-0.05, 0) is 6.16 Å². The maximum absolute atomic E-state index is 8.33. The van der Waals surface area contributed by atoms with E-state index in [-0.39, 0.29) is 44.6 Å². The van der Waals surface area contributed by atoms with Crippen LogP contribution in [0.3, 0.4) is 0 Å². The van der Waals surface area contributed by atoms with Gasteiger partial charge < -0.3 is 19.7 Å². The number of carbonyl (C=O) groups excluding carboxylic acids is 1. The second-order valence-corrected chi connectivity index (χ2v) is 0.250. The summed E-state index contributed by atoms with van der Waals surface area (Å²) < 4.78 is 0. The van der Waals surface area contributed by atoms with Gasteiger partial charge in [-0.2, -0.15) is 0 Å². The van der Waals surface area contributed by atoms with Gasteiger partial charge >= 0.3 is 39.9 Å². The van der Waals surface area contributed by atoms with Gasteiger partial charge in [0.25, 0.3) is 0 Å². The van der Waals surface area contributed by atoms with E-state index in [1.807, 2.05) is 0 Å². The predicted octanol–water partition coefficient (Wildman–Crippen LogP) is -5.44. The molecule has 3 nitrogen and oxygen atoms in total. The number of hydrogen-bond acceptors (Lipinski definition) is 3. The third-order valence-corrected chi connectivity index (χ3v) is 0. The predicted molar refractivity (Wildman–Crippen MR) is 5.40 cm³/mol. The average molecular weight is 236 g/mol. The van der Waals surface area contributed by atoms with Crippen molar-refractivity contribution in [2.45, 2.75) is 0 Å². The molecule has 1 radical (unpaired) electrons. The average Bonchev–Trinajstić information content (AvgIpc) is 0.811. The molecule has 5 heteroatoms. The number of hydrogen-bond donors (Lipinski definition) is 0. The summed E-state index contributed by atoms with van der Waals surface area (Å²) >= 11 is 0. The molecule has 0 aliphatic carbocycles. The molecular weight excluding hydrogens is 236 g/mol. The van der Waals surface area contributed by atoms with Crippen LogP contribution in [-0.4, -0.2) is 6.16 Å². The van der Waals surface area contributed by atoms with E-state index < -0.39 is 6.16 Å². The van der Waals surface area contributed by atoms with Crippen molar-refractivity contribution < 1.29 is 59.7 Å². The first-order valence-corrected chi connectivity index (χ1v) is 0.612. The maximum Gasteiger partial charge on any atom is 3.00 e. The molecule has 0 rings (SSSR count). The fourth-order valence-electron chi connectivity index (χ4n) is 0. The first-order valence-electron chi connectivity index (χ1n) is 0.612. The third kappa shape index (κ3) is 204. The molecule has 0 aromatic rings. The van der Waals surface area contributed by atoms with Crippen LogP contribution in [-0.2, 0) is 0 Å². The van der Waals surface area contributed by atoms with Crippen molar-refractivity contribution >= 4 is 6.16 Å². The van der Waals surface area contributed by atoms with Gasteiger partial charge in [-0.3, -0.25) is 0 Å². The van der Waals surface area contributed by atoms with Gasteiger partial charge in [0.1, 0.15) is 0 Å². The van der Waals surface area contributed by atoms with Gasteiger partial charge in [-0.1, -0.05) is 0 Å². The van der Waals surface area contributed by atoms with E-state index in [0.29, 0.717) is 0 Å². The zero-order valence-corrected chi connectivity index (χ0v) is 4.72. The van der Waals surface area contributed by atoms with Crippen LogP contribution in [0, 0.1) is 39.9 Å². The Balaban J connectivity index is -0.0000000450. The van der Waals surface area contributed by atoms with Crippen LogP contribution in [0.25, 0.3) is 0 Å². The second-order valence-electron chi connectivity index (χ2n) is 0.250. The van der Waals surface area contributed by atoms with Crippen molar-refractivity contribution in [2.24, 2.45) is 0 Å². The molecule has 0 aromatic carbocycles. The molecule has 0 aliphatic rings. The number of carboxylic acid groups (broad SMARTS) is 2. The minimum atomic E-state index is -2.33. The minimum absolute atomic E-state index is 0. The summed E-state index contributed by atoms with van der Waals surface area (Å²) in [6, 6.07) is 0. The molecule has 0 N–H and O–H groups in total. The van der Waals surface area contributed by atoms with Gasteiger partial charge in [0.2, 0.25) is 0 Å². The van der Waals surface area contributed by atoms with Crippen LogP contribution in [0.15, 0.2) is 0 Å². The van der Waals surface area contributed by atoms with Gasteiger partial charge in [0.15, 0.2) is 0 Å². The Bertz CT molecular complexity index is 33.8. The Morgan fingerprint density at radius 1 is 1.33 bits per heavy atom. The van der Waals surface area contributed by atoms with Crippen LogP contribution in [0.1, 0.15) is 0 Å². The first kappa shape index (κ1) is 16.0. The summed E-state index contributed by atoms with van der Waals surface area (Å²) in [7, 11) is 0. The van der Waals surface area contributed by atoms with Crippen molar-refractivity contribution in [3.05, 3.63) is 0 Å². The van der Waals surface area contributed by atoms with Gasteiger partial charge in [0.05, 0.1) is 0 Å².